The fourth-order valence-electron chi connectivity index (χ4n) is 0.261. The molecule has 1 N–H and O–H groups in total. The van der Waals surface area contributed by atoms with Gasteiger partial charge >= 0.3 is 0 Å². The van der Waals surface area contributed by atoms with Crippen molar-refractivity contribution in [2.45, 2.75) is 0 Å². The average molecular weight is 194 g/mol. The molecule has 0 aromatic heterocycles. The highest BCUT2D eigenvalue weighted by molar-refractivity contribution is 9.09. The lowest BCUT2D eigenvalue weighted by molar-refractivity contribution is -0.114. The molecule has 0 amide bonds. The highest BCUT2D eigenvalue weighted by Gasteiger charge is 2.01. The van der Waals surface area contributed by atoms with Crippen molar-refractivity contribution in [3.05, 3.63) is 12.3 Å². The smallest absolute Gasteiger partial charge is 0.190 e. The number of Topliss-reactive ketones (excluding diaryl/α,β-unsaturated/α-hetero) is 1. The first kappa shape index (κ1) is 8.65. The van der Waals surface area contributed by atoms with Crippen LogP contribution >= 0.6 is 15.9 Å². The van der Waals surface area contributed by atoms with E-state index in [0.717, 1.165) is 0 Å². The van der Waals surface area contributed by atoms with Gasteiger partial charge < -0.3 is 0 Å². The van der Waals surface area contributed by atoms with E-state index in [9.17, 15) is 4.79 Å². The Balaban J connectivity index is 3.60. The third-order valence-electron chi connectivity index (χ3n) is 0.683. The number of hydrogen-bond donors (Lipinski definition) is 1. The maximum Gasteiger partial charge on any atom is 0.190 e. The predicted molar refractivity (Wildman–Crippen MR) is 38.1 cm³/mol. The molecule has 9 heavy (non-hydrogen) atoms. The third kappa shape index (κ3) is 3.26. The van der Waals surface area contributed by atoms with Gasteiger partial charge in [-0.15, -0.1) is 0 Å². The molecule has 0 aliphatic carbocycles. The Bertz CT molecular complexity index is 124. The molecule has 0 spiro atoms. The van der Waals surface area contributed by atoms with Crippen LogP contribution in [0.5, 0.6) is 0 Å². The Labute approximate surface area is 62.2 Å². The van der Waals surface area contributed by atoms with Gasteiger partial charge in [-0.1, -0.05) is 22.5 Å². The second-order valence-corrected chi connectivity index (χ2v) is 1.90. The van der Waals surface area contributed by atoms with Crippen molar-refractivity contribution in [3.8, 4) is 0 Å². The number of hydrogen-bond acceptors (Lipinski definition) is 3. The van der Waals surface area contributed by atoms with Crippen LogP contribution in [0.15, 0.2) is 12.3 Å². The molecule has 0 rings (SSSR count). The second kappa shape index (κ2) is 4.52. The van der Waals surface area contributed by atoms with Gasteiger partial charge in [-0.3, -0.25) is 15.1 Å². The molecule has 0 radical (unpaired) electrons. The van der Waals surface area contributed by atoms with Crippen molar-refractivity contribution in [2.75, 3.05) is 12.4 Å². The largest absolute Gasteiger partial charge is 0.292 e. The molecular formula is C5H8BrNO2. The van der Waals surface area contributed by atoms with E-state index >= 15 is 0 Å². The van der Waals surface area contributed by atoms with Gasteiger partial charge in [-0.2, -0.15) is 0 Å². The summed E-state index contributed by atoms with van der Waals surface area (Å²) in [5, 5.41) is 0.266. The van der Waals surface area contributed by atoms with Crippen LogP contribution in [-0.2, 0) is 9.63 Å². The maximum atomic E-state index is 10.6. The normalized spacial score (nSPS) is 8.67. The third-order valence-corrected chi connectivity index (χ3v) is 1.19. The van der Waals surface area contributed by atoms with E-state index in [-0.39, 0.29) is 16.8 Å². The topological polar surface area (TPSA) is 38.3 Å². The van der Waals surface area contributed by atoms with Gasteiger partial charge in [0.1, 0.15) is 0 Å². The van der Waals surface area contributed by atoms with Crippen LogP contribution in [0.25, 0.3) is 0 Å². The van der Waals surface area contributed by atoms with Gasteiger partial charge in [-0.05, 0) is 0 Å². The number of hydroxylamine groups is 1. The molecule has 0 bridgehead atoms. The second-order valence-electron chi connectivity index (χ2n) is 1.34. The lowest BCUT2D eigenvalue weighted by Gasteiger charge is -2.01. The number of allylic oxidation sites excluding steroid dienone is 1. The summed E-state index contributed by atoms with van der Waals surface area (Å²) in [4.78, 5) is 15.0. The van der Waals surface area contributed by atoms with Gasteiger partial charge in [0.2, 0.25) is 0 Å². The molecule has 52 valence electrons. The number of ketones is 1. The average Bonchev–Trinajstić information content (AvgIpc) is 1.87. The maximum absolute atomic E-state index is 10.6. The zero-order chi connectivity index (χ0) is 7.28. The Hall–Kier alpha value is -0.350. The number of carbonyl (C=O) groups excluding carboxylic acids is 1. The highest BCUT2D eigenvalue weighted by Crippen LogP contribution is 1.90. The van der Waals surface area contributed by atoms with Gasteiger partial charge in [0, 0.05) is 0 Å². The molecule has 0 fully saturated rings. The number of halogens is 1. The van der Waals surface area contributed by atoms with Crippen LogP contribution in [-0.4, -0.2) is 18.2 Å². The molecule has 4 heteroatoms. The fourth-order valence-corrected chi connectivity index (χ4v) is 0.599. The van der Waals surface area contributed by atoms with Crippen molar-refractivity contribution < 1.29 is 9.63 Å². The van der Waals surface area contributed by atoms with E-state index in [2.05, 4.69) is 32.8 Å². The molecule has 0 atom stereocenters. The summed E-state index contributed by atoms with van der Waals surface area (Å²) in [5.74, 6) is -0.114. The highest BCUT2D eigenvalue weighted by atomic mass is 79.9. The van der Waals surface area contributed by atoms with Crippen molar-refractivity contribution in [1.29, 1.82) is 0 Å². The summed E-state index contributed by atoms with van der Waals surface area (Å²) >= 11 is 2.98. The van der Waals surface area contributed by atoms with Crippen molar-refractivity contribution in [1.82, 2.24) is 5.48 Å². The Kier molecular flexibility index (Phi) is 4.35. The van der Waals surface area contributed by atoms with Crippen LogP contribution in [0, 0.1) is 0 Å². The zero-order valence-corrected chi connectivity index (χ0v) is 6.69. The molecule has 0 unspecified atom stereocenters. The molecule has 0 heterocycles. The Morgan fingerprint density at radius 3 is 2.78 bits per heavy atom. The molecule has 0 aliphatic rings. The monoisotopic (exact) mass is 193 g/mol. The summed E-state index contributed by atoms with van der Waals surface area (Å²) in [6.45, 7) is 3.40. The minimum atomic E-state index is -0.114. The lowest BCUT2D eigenvalue weighted by atomic mass is 10.4. The molecular weight excluding hydrogens is 186 g/mol. The van der Waals surface area contributed by atoms with Crippen LogP contribution < -0.4 is 5.48 Å². The van der Waals surface area contributed by atoms with Crippen molar-refractivity contribution in [2.24, 2.45) is 0 Å². The van der Waals surface area contributed by atoms with E-state index in [0.29, 0.717) is 0 Å². The fraction of sp³-hybridized carbons (Fsp3) is 0.400. The van der Waals surface area contributed by atoms with E-state index in [1.165, 1.54) is 7.11 Å². The van der Waals surface area contributed by atoms with Crippen molar-refractivity contribution in [3.63, 3.8) is 0 Å². The van der Waals surface area contributed by atoms with Gasteiger partial charge in [0.05, 0.1) is 18.1 Å². The summed E-state index contributed by atoms with van der Waals surface area (Å²) in [6.07, 6.45) is 0. The number of carbonyl (C=O) groups is 1. The minimum absolute atomic E-state index is 0.114. The summed E-state index contributed by atoms with van der Waals surface area (Å²) in [6, 6.07) is 0. The predicted octanol–water partition coefficient (Wildman–Crippen LogP) is 0.615. The summed E-state index contributed by atoms with van der Waals surface area (Å²) in [7, 11) is 1.42. The van der Waals surface area contributed by atoms with Crippen LogP contribution in [0.1, 0.15) is 0 Å². The Morgan fingerprint density at radius 1 is 1.89 bits per heavy atom. The SMILES string of the molecule is C=C(NOC)C(=O)CBr. The van der Waals surface area contributed by atoms with Crippen LogP contribution in [0.3, 0.4) is 0 Å². The van der Waals surface area contributed by atoms with Gasteiger partial charge in [-0.25, -0.2) is 0 Å². The number of rotatable bonds is 4. The zero-order valence-electron chi connectivity index (χ0n) is 5.11. The standard InChI is InChI=1S/C5H8BrNO2/c1-4(7-9-2)5(8)3-6/h7H,1,3H2,2H3. The summed E-state index contributed by atoms with van der Waals surface area (Å²) in [5.41, 5.74) is 2.58. The molecule has 0 aliphatic heterocycles. The molecule has 0 saturated carbocycles. The number of nitrogens with one attached hydrogen (secondary N) is 1. The lowest BCUT2D eigenvalue weighted by Crippen LogP contribution is -2.18. The van der Waals surface area contributed by atoms with E-state index < -0.39 is 0 Å². The molecule has 3 nitrogen and oxygen atoms in total. The van der Waals surface area contributed by atoms with E-state index in [1.807, 2.05) is 0 Å². The first-order chi connectivity index (χ1) is 4.22. The summed E-state index contributed by atoms with van der Waals surface area (Å²) < 4.78 is 0. The Morgan fingerprint density at radius 2 is 2.44 bits per heavy atom. The van der Waals surface area contributed by atoms with Crippen LogP contribution in [0.2, 0.25) is 0 Å². The van der Waals surface area contributed by atoms with E-state index in [1.54, 1.807) is 0 Å². The van der Waals surface area contributed by atoms with Crippen molar-refractivity contribution >= 4 is 21.7 Å². The first-order valence-electron chi connectivity index (χ1n) is 2.29. The molecule has 0 aromatic carbocycles. The molecule has 0 aromatic rings. The van der Waals surface area contributed by atoms with Gasteiger partial charge in [0.15, 0.2) is 5.78 Å². The quantitative estimate of drug-likeness (QED) is 0.405. The van der Waals surface area contributed by atoms with Gasteiger partial charge in [0.25, 0.3) is 0 Å². The number of alkyl halides is 1. The minimum Gasteiger partial charge on any atom is -0.292 e. The van der Waals surface area contributed by atoms with Crippen LogP contribution in [0.4, 0.5) is 0 Å². The first-order valence-corrected chi connectivity index (χ1v) is 3.41. The molecule has 0 saturated heterocycles. The van der Waals surface area contributed by atoms with E-state index in [4.69, 9.17) is 0 Å².